The van der Waals surface area contributed by atoms with Crippen LogP contribution in [0.4, 0.5) is 0 Å². The lowest BCUT2D eigenvalue weighted by Crippen LogP contribution is -2.40. The lowest BCUT2D eigenvalue weighted by molar-refractivity contribution is -0.130. The molecule has 1 saturated heterocycles. The van der Waals surface area contributed by atoms with Gasteiger partial charge in [-0.2, -0.15) is 0 Å². The number of methoxy groups -OCH3 is 2. The number of rotatable bonds is 11. The van der Waals surface area contributed by atoms with Crippen molar-refractivity contribution < 1.29 is 28.3 Å². The molecule has 0 aliphatic carbocycles. The van der Waals surface area contributed by atoms with E-state index in [1.54, 1.807) is 55.3 Å². The lowest BCUT2D eigenvalue weighted by atomic mass is 10.1. The average molecular weight is 508 g/mol. The molecule has 0 bridgehead atoms. The van der Waals surface area contributed by atoms with E-state index in [-0.39, 0.29) is 36.6 Å². The van der Waals surface area contributed by atoms with Crippen LogP contribution in [0, 0.1) is 0 Å². The van der Waals surface area contributed by atoms with E-state index in [1.165, 1.54) is 0 Å². The number of carbonyl (C=O) groups is 2. The minimum absolute atomic E-state index is 0.0454. The summed E-state index contributed by atoms with van der Waals surface area (Å²) >= 11 is 0. The highest BCUT2D eigenvalue weighted by molar-refractivity contribution is 5.93. The van der Waals surface area contributed by atoms with Crippen LogP contribution in [0.25, 0.3) is 11.3 Å². The highest BCUT2D eigenvalue weighted by Gasteiger charge is 2.27. The predicted octanol–water partition coefficient (Wildman–Crippen LogP) is 4.03. The Bertz CT molecular complexity index is 1190. The normalized spacial score (nSPS) is 14.8. The van der Waals surface area contributed by atoms with Crippen LogP contribution in [0.15, 0.2) is 59.1 Å². The van der Waals surface area contributed by atoms with Crippen molar-refractivity contribution in [1.29, 1.82) is 0 Å². The quantitative estimate of drug-likeness (QED) is 0.387. The zero-order chi connectivity index (χ0) is 26.2. The maximum Gasteiger partial charge on any atom is 0.276 e. The number of hydrogen-bond acceptors (Lipinski definition) is 7. The summed E-state index contributed by atoms with van der Waals surface area (Å²) in [5, 5.41) is 4.04. The summed E-state index contributed by atoms with van der Waals surface area (Å²) in [5.41, 5.74) is 1.83. The second-order valence-electron chi connectivity index (χ2n) is 9.01. The summed E-state index contributed by atoms with van der Waals surface area (Å²) in [6.07, 6.45) is 1.95. The number of nitrogens with zero attached hydrogens (tertiary/aromatic N) is 3. The smallest absolute Gasteiger partial charge is 0.276 e. The van der Waals surface area contributed by atoms with Gasteiger partial charge in [0.2, 0.25) is 5.91 Å². The van der Waals surface area contributed by atoms with Crippen molar-refractivity contribution in [3.8, 4) is 22.8 Å². The maximum absolute atomic E-state index is 13.5. The Hall–Kier alpha value is -3.85. The zero-order valence-corrected chi connectivity index (χ0v) is 21.5. The van der Waals surface area contributed by atoms with Crippen LogP contribution >= 0.6 is 0 Å². The van der Waals surface area contributed by atoms with Crippen molar-refractivity contribution in [2.24, 2.45) is 0 Å². The van der Waals surface area contributed by atoms with Gasteiger partial charge in [0.1, 0.15) is 11.5 Å². The van der Waals surface area contributed by atoms with E-state index < -0.39 is 0 Å². The first-order valence-electron chi connectivity index (χ1n) is 12.4. The standard InChI is InChI=1S/C28H33N3O6/c1-30(18-20-8-5-4-6-9-20)27(32)13-14-31(19-22-10-7-15-36-22)28(33)24-17-26(37-29-24)23-16-21(34-2)11-12-25(23)35-3/h4-6,8-9,11-12,16-17,22H,7,10,13-15,18-19H2,1-3H3/t22-/m0/s1. The van der Waals surface area contributed by atoms with E-state index in [1.807, 2.05) is 30.3 Å². The number of amides is 2. The van der Waals surface area contributed by atoms with Crippen LogP contribution in [0.2, 0.25) is 0 Å². The molecule has 1 fully saturated rings. The molecule has 3 aromatic rings. The number of ether oxygens (including phenoxy) is 3. The van der Waals surface area contributed by atoms with Crippen molar-refractivity contribution in [3.63, 3.8) is 0 Å². The zero-order valence-electron chi connectivity index (χ0n) is 21.5. The van der Waals surface area contributed by atoms with Crippen LogP contribution in [0.5, 0.6) is 11.5 Å². The first kappa shape index (κ1) is 26.2. The summed E-state index contributed by atoms with van der Waals surface area (Å²) < 4.78 is 22.0. The number of aromatic nitrogens is 1. The van der Waals surface area contributed by atoms with E-state index in [9.17, 15) is 9.59 Å². The average Bonchev–Trinajstić information content (AvgIpc) is 3.63. The molecule has 0 unspecified atom stereocenters. The van der Waals surface area contributed by atoms with Gasteiger partial charge in [-0.05, 0) is 36.6 Å². The van der Waals surface area contributed by atoms with Crippen LogP contribution in [0.3, 0.4) is 0 Å². The first-order chi connectivity index (χ1) is 18.0. The van der Waals surface area contributed by atoms with Crippen LogP contribution in [-0.2, 0) is 16.1 Å². The van der Waals surface area contributed by atoms with E-state index >= 15 is 0 Å². The topological polar surface area (TPSA) is 94.3 Å². The molecule has 1 aromatic heterocycles. The molecular formula is C28H33N3O6. The van der Waals surface area contributed by atoms with E-state index in [0.717, 1.165) is 18.4 Å². The summed E-state index contributed by atoms with van der Waals surface area (Å²) in [7, 11) is 4.90. The highest BCUT2D eigenvalue weighted by atomic mass is 16.5. The van der Waals surface area contributed by atoms with Crippen molar-refractivity contribution in [2.45, 2.75) is 31.9 Å². The van der Waals surface area contributed by atoms with Crippen LogP contribution in [-0.4, -0.2) is 73.8 Å². The molecule has 0 radical (unpaired) electrons. The van der Waals surface area contributed by atoms with Crippen molar-refractivity contribution in [2.75, 3.05) is 41.0 Å². The van der Waals surface area contributed by atoms with Crippen LogP contribution in [0.1, 0.15) is 35.3 Å². The van der Waals surface area contributed by atoms with Crippen molar-refractivity contribution in [1.82, 2.24) is 15.0 Å². The molecule has 9 nitrogen and oxygen atoms in total. The van der Waals surface area contributed by atoms with Gasteiger partial charge >= 0.3 is 0 Å². The Morgan fingerprint density at radius 1 is 1.08 bits per heavy atom. The predicted molar refractivity (Wildman–Crippen MR) is 137 cm³/mol. The van der Waals surface area contributed by atoms with E-state index in [2.05, 4.69) is 5.16 Å². The molecular weight excluding hydrogens is 474 g/mol. The summed E-state index contributed by atoms with van der Waals surface area (Å²) in [4.78, 5) is 29.7. The fourth-order valence-electron chi connectivity index (χ4n) is 4.35. The van der Waals surface area contributed by atoms with Crippen LogP contribution < -0.4 is 9.47 Å². The van der Waals surface area contributed by atoms with E-state index in [4.69, 9.17) is 18.7 Å². The Morgan fingerprint density at radius 3 is 2.59 bits per heavy atom. The van der Waals surface area contributed by atoms with Crippen molar-refractivity contribution >= 4 is 11.8 Å². The Labute approximate surface area is 216 Å². The minimum Gasteiger partial charge on any atom is -0.497 e. The molecule has 196 valence electrons. The molecule has 2 aromatic carbocycles. The molecule has 0 spiro atoms. The Kier molecular flexibility index (Phi) is 8.79. The van der Waals surface area contributed by atoms with Gasteiger partial charge in [-0.1, -0.05) is 35.5 Å². The molecule has 2 amide bonds. The third-order valence-corrected chi connectivity index (χ3v) is 6.42. The molecule has 4 rings (SSSR count). The fraction of sp³-hybridized carbons (Fsp3) is 0.393. The van der Waals surface area contributed by atoms with Gasteiger partial charge < -0.3 is 28.5 Å². The Balaban J connectivity index is 1.47. The second kappa shape index (κ2) is 12.4. The first-order valence-corrected chi connectivity index (χ1v) is 12.4. The van der Waals surface area contributed by atoms with Gasteiger partial charge in [-0.15, -0.1) is 0 Å². The summed E-state index contributed by atoms with van der Waals surface area (Å²) in [6, 6.07) is 16.7. The van der Waals surface area contributed by atoms with Gasteiger partial charge in [-0.25, -0.2) is 0 Å². The van der Waals surface area contributed by atoms with Gasteiger partial charge in [0.05, 0.1) is 25.9 Å². The van der Waals surface area contributed by atoms with Gasteiger partial charge in [0.15, 0.2) is 11.5 Å². The second-order valence-corrected chi connectivity index (χ2v) is 9.01. The highest BCUT2D eigenvalue weighted by Crippen LogP contribution is 2.34. The SMILES string of the molecule is COc1ccc(OC)c(-c2cc(C(=O)N(CCC(=O)N(C)Cc3ccccc3)C[C@@H]3CCCO3)no2)c1. The van der Waals surface area contributed by atoms with Crippen molar-refractivity contribution in [3.05, 3.63) is 65.9 Å². The molecule has 0 saturated carbocycles. The monoisotopic (exact) mass is 507 g/mol. The summed E-state index contributed by atoms with van der Waals surface area (Å²) in [5.74, 6) is 1.22. The minimum atomic E-state index is -0.314. The van der Waals surface area contributed by atoms with Gasteiger partial charge in [0, 0.05) is 45.8 Å². The third kappa shape index (κ3) is 6.68. The van der Waals surface area contributed by atoms with Gasteiger partial charge in [0.25, 0.3) is 5.91 Å². The number of carbonyl (C=O) groups excluding carboxylic acids is 2. The fourth-order valence-corrected chi connectivity index (χ4v) is 4.35. The molecule has 1 atom stereocenters. The summed E-state index contributed by atoms with van der Waals surface area (Å²) in [6.45, 7) is 1.82. The van der Waals surface area contributed by atoms with Gasteiger partial charge in [-0.3, -0.25) is 9.59 Å². The Morgan fingerprint density at radius 2 is 1.89 bits per heavy atom. The molecule has 37 heavy (non-hydrogen) atoms. The molecule has 1 aliphatic heterocycles. The molecule has 0 N–H and O–H groups in total. The van der Waals surface area contributed by atoms with E-state index in [0.29, 0.717) is 42.5 Å². The maximum atomic E-state index is 13.5. The number of hydrogen-bond donors (Lipinski definition) is 0. The number of benzene rings is 2. The third-order valence-electron chi connectivity index (χ3n) is 6.42. The molecule has 2 heterocycles. The lowest BCUT2D eigenvalue weighted by Gasteiger charge is -2.25. The molecule has 9 heteroatoms. The largest absolute Gasteiger partial charge is 0.497 e. The molecule has 1 aliphatic rings.